The molecule has 4 rings (SSSR count). The number of carbonyl (C=O) groups is 2. The van der Waals surface area contributed by atoms with E-state index in [0.29, 0.717) is 36.3 Å². The van der Waals surface area contributed by atoms with E-state index in [9.17, 15) is 22.8 Å². The van der Waals surface area contributed by atoms with E-state index in [4.69, 9.17) is 4.74 Å². The van der Waals surface area contributed by atoms with Gasteiger partial charge in [-0.05, 0) is 12.1 Å². The third-order valence-corrected chi connectivity index (χ3v) is 6.24. The molecule has 0 spiro atoms. The van der Waals surface area contributed by atoms with Crippen LogP contribution in [0.5, 0.6) is 5.75 Å². The summed E-state index contributed by atoms with van der Waals surface area (Å²) >= 11 is 2.33. The van der Waals surface area contributed by atoms with E-state index in [-0.39, 0.29) is 17.4 Å². The summed E-state index contributed by atoms with van der Waals surface area (Å²) in [5, 5.41) is 15.4. The summed E-state index contributed by atoms with van der Waals surface area (Å²) in [4.78, 5) is 31.1. The third-order valence-electron chi connectivity index (χ3n) is 4.48. The summed E-state index contributed by atoms with van der Waals surface area (Å²) in [6.07, 6.45) is -3.51. The Hall–Kier alpha value is -3.14. The van der Waals surface area contributed by atoms with Gasteiger partial charge in [0.15, 0.2) is 15.8 Å². The zero-order chi connectivity index (χ0) is 24.1. The number of nitrogens with zero attached hydrogens (tertiary/aromatic N) is 4. The first-order chi connectivity index (χ1) is 16.3. The molecule has 1 saturated heterocycles. The molecule has 2 N–H and O–H groups in total. The van der Waals surface area contributed by atoms with Crippen molar-refractivity contribution >= 4 is 45.3 Å². The van der Waals surface area contributed by atoms with Crippen LogP contribution in [0.4, 0.5) is 24.0 Å². The molecule has 1 fully saturated rings. The van der Waals surface area contributed by atoms with Gasteiger partial charge in [-0.2, -0.15) is 0 Å². The van der Waals surface area contributed by atoms with Crippen LogP contribution in [-0.4, -0.2) is 71.1 Å². The van der Waals surface area contributed by atoms with Gasteiger partial charge in [0.1, 0.15) is 0 Å². The number of morpholine rings is 1. The van der Waals surface area contributed by atoms with Crippen molar-refractivity contribution in [2.24, 2.45) is 0 Å². The molecule has 2 amide bonds. The number of rotatable bonds is 7. The largest absolute Gasteiger partial charge is 0.573 e. The van der Waals surface area contributed by atoms with E-state index in [1.165, 1.54) is 23.5 Å². The van der Waals surface area contributed by atoms with Crippen LogP contribution in [0.2, 0.25) is 0 Å². The monoisotopic (exact) mass is 514 g/mol. The Bertz CT molecular complexity index is 1150. The van der Waals surface area contributed by atoms with Gasteiger partial charge in [0.2, 0.25) is 11.0 Å². The lowest BCUT2D eigenvalue weighted by molar-refractivity contribution is -0.274. The highest BCUT2D eigenvalue weighted by molar-refractivity contribution is 7.22. The van der Waals surface area contributed by atoms with Crippen molar-refractivity contribution in [3.8, 4) is 15.8 Å². The number of thiazole rings is 1. The summed E-state index contributed by atoms with van der Waals surface area (Å²) in [6.45, 7) is 1.91. The number of aromatic nitrogens is 3. The smallest absolute Gasteiger partial charge is 0.403 e. The molecule has 1 aliphatic rings. The number of hydrogen-bond acceptors (Lipinski definition) is 10. The maximum atomic E-state index is 13.1. The molecule has 2 aromatic heterocycles. The maximum absolute atomic E-state index is 13.1. The number of carbonyl (C=O) groups excluding carboxylic acids is 2. The molecule has 0 unspecified atom stereocenters. The number of amides is 2. The van der Waals surface area contributed by atoms with Gasteiger partial charge in [0.25, 0.3) is 5.91 Å². The van der Waals surface area contributed by atoms with Crippen LogP contribution < -0.4 is 15.4 Å². The fourth-order valence-electron chi connectivity index (χ4n) is 3.05. The lowest BCUT2D eigenvalue weighted by atomic mass is 10.1. The Morgan fingerprint density at radius 3 is 2.65 bits per heavy atom. The molecule has 0 aliphatic carbocycles. The standard InChI is InChI=1S/C19H17F3N6O4S2/c20-19(21,22)32-14-11(15(30)25-18-27-26-17(34-18)16-23-4-9-33-16)2-1-3-12(14)24-13(29)10-28-5-7-31-8-6-28/h1-4,9H,5-8,10H2,(H,24,29)(H,25,27,30). The Balaban J connectivity index is 1.53. The lowest BCUT2D eigenvalue weighted by Gasteiger charge is -2.26. The van der Waals surface area contributed by atoms with Crippen LogP contribution in [0.25, 0.3) is 10.0 Å². The molecule has 3 aromatic rings. The molecule has 3 heterocycles. The number of benzene rings is 1. The average molecular weight is 515 g/mol. The van der Waals surface area contributed by atoms with Gasteiger partial charge in [0, 0.05) is 24.7 Å². The first-order valence-electron chi connectivity index (χ1n) is 9.82. The lowest BCUT2D eigenvalue weighted by Crippen LogP contribution is -2.41. The minimum atomic E-state index is -5.10. The van der Waals surface area contributed by atoms with Crippen molar-refractivity contribution in [3.63, 3.8) is 0 Å². The van der Waals surface area contributed by atoms with Crippen LogP contribution in [-0.2, 0) is 9.53 Å². The van der Waals surface area contributed by atoms with E-state index in [2.05, 4.69) is 30.6 Å². The second-order valence-electron chi connectivity index (χ2n) is 6.87. The highest BCUT2D eigenvalue weighted by atomic mass is 32.1. The Morgan fingerprint density at radius 1 is 1.15 bits per heavy atom. The molecule has 10 nitrogen and oxygen atoms in total. The number of anilines is 2. The van der Waals surface area contributed by atoms with Crippen molar-refractivity contribution in [2.45, 2.75) is 6.36 Å². The van der Waals surface area contributed by atoms with Crippen LogP contribution in [0.3, 0.4) is 0 Å². The maximum Gasteiger partial charge on any atom is 0.573 e. The van der Waals surface area contributed by atoms with Crippen molar-refractivity contribution in [2.75, 3.05) is 43.5 Å². The van der Waals surface area contributed by atoms with Gasteiger partial charge >= 0.3 is 6.36 Å². The topological polar surface area (TPSA) is 119 Å². The number of hydrogen-bond donors (Lipinski definition) is 2. The van der Waals surface area contributed by atoms with Crippen molar-refractivity contribution in [3.05, 3.63) is 35.3 Å². The van der Waals surface area contributed by atoms with Crippen molar-refractivity contribution in [1.82, 2.24) is 20.1 Å². The minimum Gasteiger partial charge on any atom is -0.403 e. The fraction of sp³-hybridized carbons (Fsp3) is 0.316. The number of para-hydroxylation sites is 1. The van der Waals surface area contributed by atoms with Gasteiger partial charge in [-0.25, -0.2) is 4.98 Å². The van der Waals surface area contributed by atoms with E-state index in [1.54, 1.807) is 16.5 Å². The predicted molar refractivity (Wildman–Crippen MR) is 118 cm³/mol. The first-order valence-corrected chi connectivity index (χ1v) is 11.5. The molecule has 0 saturated carbocycles. The number of halogens is 3. The first kappa shape index (κ1) is 24.0. The van der Waals surface area contributed by atoms with Gasteiger partial charge in [0.05, 0.1) is 31.0 Å². The molecule has 180 valence electrons. The van der Waals surface area contributed by atoms with Crippen molar-refractivity contribution in [1.29, 1.82) is 0 Å². The SMILES string of the molecule is O=C(CN1CCOCC1)Nc1cccc(C(=O)Nc2nnc(-c3nccs3)s2)c1OC(F)(F)F. The second-order valence-corrected chi connectivity index (χ2v) is 8.74. The minimum absolute atomic E-state index is 0.0461. The zero-order valence-corrected chi connectivity index (χ0v) is 18.9. The predicted octanol–water partition coefficient (Wildman–Crippen LogP) is 3.08. The molecule has 0 atom stereocenters. The van der Waals surface area contributed by atoms with Crippen LogP contribution in [0.1, 0.15) is 10.4 Å². The molecule has 0 radical (unpaired) electrons. The molecule has 1 aromatic carbocycles. The zero-order valence-electron chi connectivity index (χ0n) is 17.3. The van der Waals surface area contributed by atoms with Crippen LogP contribution in [0.15, 0.2) is 29.8 Å². The summed E-state index contributed by atoms with van der Waals surface area (Å²) in [5.74, 6) is -2.29. The Morgan fingerprint density at radius 2 is 1.94 bits per heavy atom. The Kier molecular flexibility index (Phi) is 7.35. The fourth-order valence-corrected chi connectivity index (χ4v) is 4.46. The number of nitrogens with one attached hydrogen (secondary N) is 2. The van der Waals surface area contributed by atoms with E-state index in [0.717, 1.165) is 17.4 Å². The second kappa shape index (κ2) is 10.4. The van der Waals surface area contributed by atoms with Crippen LogP contribution in [0, 0.1) is 0 Å². The summed E-state index contributed by atoms with van der Waals surface area (Å²) in [5.41, 5.74) is -0.725. The normalized spacial score (nSPS) is 14.6. The van der Waals surface area contributed by atoms with E-state index in [1.807, 2.05) is 0 Å². The van der Waals surface area contributed by atoms with E-state index < -0.39 is 29.5 Å². The molecule has 34 heavy (non-hydrogen) atoms. The molecular formula is C19H17F3N6O4S2. The van der Waals surface area contributed by atoms with Gasteiger partial charge < -0.3 is 14.8 Å². The quantitative estimate of drug-likeness (QED) is 0.494. The van der Waals surface area contributed by atoms with Gasteiger partial charge in [-0.3, -0.25) is 19.8 Å². The van der Waals surface area contributed by atoms with Gasteiger partial charge in [-0.15, -0.1) is 34.7 Å². The number of ether oxygens (including phenoxy) is 2. The summed E-state index contributed by atoms with van der Waals surface area (Å²) in [6, 6.07) is 3.71. The molecule has 15 heteroatoms. The number of alkyl halides is 3. The summed E-state index contributed by atoms with van der Waals surface area (Å²) < 4.78 is 48.8. The van der Waals surface area contributed by atoms with Crippen LogP contribution >= 0.6 is 22.7 Å². The van der Waals surface area contributed by atoms with Gasteiger partial charge in [-0.1, -0.05) is 17.4 Å². The Labute approximate surface area is 198 Å². The highest BCUT2D eigenvalue weighted by Crippen LogP contribution is 2.35. The molecular weight excluding hydrogens is 497 g/mol. The highest BCUT2D eigenvalue weighted by Gasteiger charge is 2.35. The summed E-state index contributed by atoms with van der Waals surface area (Å²) in [7, 11) is 0. The van der Waals surface area contributed by atoms with Crippen molar-refractivity contribution < 1.29 is 32.2 Å². The molecule has 1 aliphatic heterocycles. The molecule has 0 bridgehead atoms. The van der Waals surface area contributed by atoms with E-state index >= 15 is 0 Å². The average Bonchev–Trinajstić information content (AvgIpc) is 3.46. The third kappa shape index (κ3) is 6.25.